The van der Waals surface area contributed by atoms with Crippen LogP contribution in [0.3, 0.4) is 0 Å². The molecule has 1 aliphatic rings. The Kier molecular flexibility index (Phi) is 4.36. The van der Waals surface area contributed by atoms with Gasteiger partial charge in [0.1, 0.15) is 5.75 Å². The number of ether oxygens (including phenoxy) is 1. The smallest absolute Gasteiger partial charge is 0.142 e. The molecule has 1 aromatic carbocycles. The van der Waals surface area contributed by atoms with Crippen LogP contribution in [-0.2, 0) is 0 Å². The van der Waals surface area contributed by atoms with Gasteiger partial charge in [-0.05, 0) is 45.5 Å². The first-order valence-corrected chi connectivity index (χ1v) is 6.87. The zero-order chi connectivity index (χ0) is 13.1. The molecule has 0 radical (unpaired) electrons. The second-order valence-electron chi connectivity index (χ2n) is 4.94. The second kappa shape index (κ2) is 5.81. The van der Waals surface area contributed by atoms with E-state index in [1.165, 1.54) is 0 Å². The molecule has 3 nitrogen and oxygen atoms in total. The Balaban J connectivity index is 2.10. The van der Waals surface area contributed by atoms with Crippen molar-refractivity contribution in [3.8, 4) is 5.75 Å². The van der Waals surface area contributed by atoms with Gasteiger partial charge in [-0.3, -0.25) is 0 Å². The summed E-state index contributed by atoms with van der Waals surface area (Å²) in [7, 11) is 2.16. The van der Waals surface area contributed by atoms with Crippen molar-refractivity contribution in [2.75, 3.05) is 25.5 Å². The first kappa shape index (κ1) is 13.5. The SMILES string of the molecule is CCOc1ccc(Cl)cc1NC1CC(C)N(C)C1. The van der Waals surface area contributed by atoms with Crippen molar-refractivity contribution in [1.82, 2.24) is 4.90 Å². The Bertz CT molecular complexity index is 401. The van der Waals surface area contributed by atoms with Gasteiger partial charge in [-0.15, -0.1) is 0 Å². The van der Waals surface area contributed by atoms with Crippen LogP contribution >= 0.6 is 11.6 Å². The van der Waals surface area contributed by atoms with Crippen LogP contribution < -0.4 is 10.1 Å². The minimum atomic E-state index is 0.461. The van der Waals surface area contributed by atoms with E-state index in [1.54, 1.807) is 0 Å². The number of anilines is 1. The number of hydrogen-bond acceptors (Lipinski definition) is 3. The summed E-state index contributed by atoms with van der Waals surface area (Å²) in [5, 5.41) is 4.28. The summed E-state index contributed by atoms with van der Waals surface area (Å²) >= 11 is 6.05. The second-order valence-corrected chi connectivity index (χ2v) is 5.38. The predicted octanol–water partition coefficient (Wildman–Crippen LogP) is 3.24. The van der Waals surface area contributed by atoms with Crippen molar-refractivity contribution in [2.45, 2.75) is 32.4 Å². The van der Waals surface area contributed by atoms with Gasteiger partial charge in [0.25, 0.3) is 0 Å². The summed E-state index contributed by atoms with van der Waals surface area (Å²) in [6.45, 7) is 5.96. The lowest BCUT2D eigenvalue weighted by Crippen LogP contribution is -2.25. The molecule has 1 N–H and O–H groups in total. The Hall–Kier alpha value is -0.930. The minimum Gasteiger partial charge on any atom is -0.492 e. The van der Waals surface area contributed by atoms with Crippen molar-refractivity contribution < 1.29 is 4.74 Å². The minimum absolute atomic E-state index is 0.461. The molecule has 1 aromatic rings. The number of benzene rings is 1. The van der Waals surface area contributed by atoms with Gasteiger partial charge in [0.15, 0.2) is 0 Å². The maximum absolute atomic E-state index is 6.05. The van der Waals surface area contributed by atoms with Crippen LogP contribution in [0.15, 0.2) is 18.2 Å². The molecule has 0 aromatic heterocycles. The van der Waals surface area contributed by atoms with Gasteiger partial charge in [-0.1, -0.05) is 11.6 Å². The van der Waals surface area contributed by atoms with Crippen LogP contribution in [0.5, 0.6) is 5.75 Å². The van der Waals surface area contributed by atoms with E-state index in [4.69, 9.17) is 16.3 Å². The normalized spacial score (nSPS) is 24.2. The fourth-order valence-electron chi connectivity index (χ4n) is 2.41. The van der Waals surface area contributed by atoms with Gasteiger partial charge < -0.3 is 15.0 Å². The number of likely N-dealkylation sites (tertiary alicyclic amines) is 1. The average Bonchev–Trinajstić information content (AvgIpc) is 2.62. The number of nitrogens with one attached hydrogen (secondary N) is 1. The lowest BCUT2D eigenvalue weighted by Gasteiger charge is -2.17. The number of hydrogen-bond donors (Lipinski definition) is 1. The Labute approximate surface area is 114 Å². The molecule has 2 atom stereocenters. The molecule has 0 bridgehead atoms. The molecule has 2 unspecified atom stereocenters. The summed E-state index contributed by atoms with van der Waals surface area (Å²) < 4.78 is 5.62. The van der Waals surface area contributed by atoms with Crippen molar-refractivity contribution in [2.24, 2.45) is 0 Å². The van der Waals surface area contributed by atoms with Crippen LogP contribution in [0.4, 0.5) is 5.69 Å². The molecule has 0 aliphatic carbocycles. The van der Waals surface area contributed by atoms with Crippen LogP contribution in [0, 0.1) is 0 Å². The third kappa shape index (κ3) is 3.09. The van der Waals surface area contributed by atoms with Gasteiger partial charge >= 0.3 is 0 Å². The molecule has 0 saturated carbocycles. The summed E-state index contributed by atoms with van der Waals surface area (Å²) in [4.78, 5) is 2.36. The highest BCUT2D eigenvalue weighted by Crippen LogP contribution is 2.30. The van der Waals surface area contributed by atoms with Crippen molar-refractivity contribution in [3.63, 3.8) is 0 Å². The van der Waals surface area contributed by atoms with E-state index >= 15 is 0 Å². The quantitative estimate of drug-likeness (QED) is 0.907. The van der Waals surface area contributed by atoms with E-state index in [1.807, 2.05) is 25.1 Å². The number of likely N-dealkylation sites (N-methyl/N-ethyl adjacent to an activating group) is 1. The Morgan fingerprint density at radius 3 is 2.89 bits per heavy atom. The van der Waals surface area contributed by atoms with E-state index in [0.29, 0.717) is 18.7 Å². The highest BCUT2D eigenvalue weighted by Gasteiger charge is 2.26. The van der Waals surface area contributed by atoms with Gasteiger partial charge in [-0.2, -0.15) is 0 Å². The zero-order valence-electron chi connectivity index (χ0n) is 11.2. The summed E-state index contributed by atoms with van der Waals surface area (Å²) in [6, 6.07) is 6.81. The van der Waals surface area contributed by atoms with E-state index in [9.17, 15) is 0 Å². The summed E-state index contributed by atoms with van der Waals surface area (Å²) in [5.41, 5.74) is 0.997. The van der Waals surface area contributed by atoms with Crippen molar-refractivity contribution in [1.29, 1.82) is 0 Å². The highest BCUT2D eigenvalue weighted by atomic mass is 35.5. The molecule has 1 aliphatic heterocycles. The van der Waals surface area contributed by atoms with Crippen LogP contribution in [0.25, 0.3) is 0 Å². The Morgan fingerprint density at radius 2 is 2.28 bits per heavy atom. The van der Waals surface area contributed by atoms with Crippen LogP contribution in [0.2, 0.25) is 5.02 Å². The van der Waals surface area contributed by atoms with Gasteiger partial charge in [-0.25, -0.2) is 0 Å². The Morgan fingerprint density at radius 1 is 1.50 bits per heavy atom. The zero-order valence-corrected chi connectivity index (χ0v) is 12.0. The lowest BCUT2D eigenvalue weighted by atomic mass is 10.2. The van der Waals surface area contributed by atoms with E-state index in [-0.39, 0.29) is 0 Å². The summed E-state index contributed by atoms with van der Waals surface area (Å²) in [5.74, 6) is 0.879. The van der Waals surface area contributed by atoms with Gasteiger partial charge in [0, 0.05) is 23.7 Å². The van der Waals surface area contributed by atoms with Gasteiger partial charge in [0.05, 0.1) is 12.3 Å². The number of nitrogens with zero attached hydrogens (tertiary/aromatic N) is 1. The topological polar surface area (TPSA) is 24.5 Å². The van der Waals surface area contributed by atoms with Crippen LogP contribution in [-0.4, -0.2) is 37.2 Å². The van der Waals surface area contributed by atoms with Crippen molar-refractivity contribution in [3.05, 3.63) is 23.2 Å². The fraction of sp³-hybridized carbons (Fsp3) is 0.571. The van der Waals surface area contributed by atoms with E-state index < -0.39 is 0 Å². The molecule has 18 heavy (non-hydrogen) atoms. The molecule has 0 spiro atoms. The number of rotatable bonds is 4. The van der Waals surface area contributed by atoms with E-state index in [2.05, 4.69) is 24.2 Å². The monoisotopic (exact) mass is 268 g/mol. The standard InChI is InChI=1S/C14H21ClN2O/c1-4-18-14-6-5-11(15)8-13(14)16-12-7-10(2)17(3)9-12/h5-6,8,10,12,16H,4,7,9H2,1-3H3. The number of halogens is 1. The molecule has 4 heteroatoms. The maximum Gasteiger partial charge on any atom is 0.142 e. The molecular formula is C14H21ClN2O. The summed E-state index contributed by atoms with van der Waals surface area (Å²) in [6.07, 6.45) is 1.15. The third-order valence-electron chi connectivity index (χ3n) is 3.49. The molecule has 1 heterocycles. The lowest BCUT2D eigenvalue weighted by molar-refractivity contribution is 0.329. The predicted molar refractivity (Wildman–Crippen MR) is 76.7 cm³/mol. The largest absolute Gasteiger partial charge is 0.492 e. The maximum atomic E-state index is 6.05. The highest BCUT2D eigenvalue weighted by molar-refractivity contribution is 6.30. The first-order valence-electron chi connectivity index (χ1n) is 6.49. The molecule has 1 fully saturated rings. The average molecular weight is 269 g/mol. The molecule has 0 amide bonds. The molecule has 1 saturated heterocycles. The molecule has 2 rings (SSSR count). The molecular weight excluding hydrogens is 248 g/mol. The third-order valence-corrected chi connectivity index (χ3v) is 3.72. The van der Waals surface area contributed by atoms with Crippen molar-refractivity contribution >= 4 is 17.3 Å². The fourth-order valence-corrected chi connectivity index (χ4v) is 2.59. The molecule has 100 valence electrons. The van der Waals surface area contributed by atoms with Crippen LogP contribution in [0.1, 0.15) is 20.3 Å². The van der Waals surface area contributed by atoms with Gasteiger partial charge in [0.2, 0.25) is 0 Å². The first-order chi connectivity index (χ1) is 8.60. The van der Waals surface area contributed by atoms with E-state index in [0.717, 1.165) is 29.4 Å².